The van der Waals surface area contributed by atoms with E-state index in [0.29, 0.717) is 0 Å². The van der Waals surface area contributed by atoms with Gasteiger partial charge in [-0.1, -0.05) is 30.3 Å². The first-order valence-electron chi connectivity index (χ1n) is 17.6. The van der Waals surface area contributed by atoms with E-state index >= 15 is 0 Å². The van der Waals surface area contributed by atoms with Crippen LogP contribution < -0.4 is 5.32 Å². The number of hydrogen-bond acceptors (Lipinski definition) is 21. The maximum absolute atomic E-state index is 12.4. The van der Waals surface area contributed by atoms with Crippen LogP contribution in [0.1, 0.15) is 12.5 Å². The normalized spacial score (nSPS) is 45.3. The molecule has 4 fully saturated rings. The van der Waals surface area contributed by atoms with Crippen LogP contribution in [0.3, 0.4) is 0 Å². The van der Waals surface area contributed by atoms with Crippen LogP contribution in [0.25, 0.3) is 0 Å². The van der Waals surface area contributed by atoms with Gasteiger partial charge in [0.2, 0.25) is 5.91 Å². The van der Waals surface area contributed by atoms with Gasteiger partial charge < -0.3 is 104 Å². The lowest BCUT2D eigenvalue weighted by Crippen LogP contribution is -2.70. The number of ether oxygens (including phenoxy) is 8. The van der Waals surface area contributed by atoms with Crippen LogP contribution in [-0.4, -0.2) is 216 Å². The Bertz CT molecular complexity index is 1330. The Morgan fingerprint density at radius 3 is 1.60 bits per heavy atom. The minimum absolute atomic E-state index is 0.0240. The zero-order valence-electron chi connectivity index (χ0n) is 29.5. The second-order valence-electron chi connectivity index (χ2n) is 13.7. The van der Waals surface area contributed by atoms with E-state index in [1.807, 2.05) is 0 Å². The summed E-state index contributed by atoms with van der Waals surface area (Å²) in [7, 11) is 0. The fraction of sp³-hybridized carbons (Fsp3) is 0.788. The van der Waals surface area contributed by atoms with Gasteiger partial charge in [0.25, 0.3) is 0 Å². The minimum atomic E-state index is -2.03. The summed E-state index contributed by atoms with van der Waals surface area (Å²) < 4.78 is 45.6. The first kappa shape index (κ1) is 44.0. The van der Waals surface area contributed by atoms with Gasteiger partial charge in [-0.25, -0.2) is 0 Å². The van der Waals surface area contributed by atoms with Crippen LogP contribution >= 0.6 is 0 Å². The number of amides is 1. The van der Waals surface area contributed by atoms with Crippen molar-refractivity contribution in [3.8, 4) is 0 Å². The lowest BCUT2D eigenvalue weighted by molar-refractivity contribution is -0.381. The number of aliphatic hydroxyl groups excluding tert-OH is 12. The molecule has 0 unspecified atom stereocenters. The highest BCUT2D eigenvalue weighted by Gasteiger charge is 2.56. The minimum Gasteiger partial charge on any atom is -0.394 e. The van der Waals surface area contributed by atoms with E-state index in [-0.39, 0.29) is 6.61 Å². The fourth-order valence-electron chi connectivity index (χ4n) is 6.82. The maximum atomic E-state index is 12.4. The van der Waals surface area contributed by atoms with Gasteiger partial charge in [-0.2, -0.15) is 0 Å². The summed E-state index contributed by atoms with van der Waals surface area (Å²) in [5, 5.41) is 129. The molecule has 4 aliphatic rings. The number of benzene rings is 1. The molecule has 22 nitrogen and oxygen atoms in total. The molecular weight excluding hydrogens is 746 g/mol. The number of carbonyl (C=O) groups excluding carboxylic acids is 1. The topological polar surface area (TPSA) is 346 Å². The smallest absolute Gasteiger partial charge is 0.217 e. The zero-order chi connectivity index (χ0) is 40.1. The van der Waals surface area contributed by atoms with Crippen LogP contribution in [0.15, 0.2) is 30.3 Å². The molecule has 0 radical (unpaired) electrons. The maximum Gasteiger partial charge on any atom is 0.217 e. The first-order valence-corrected chi connectivity index (χ1v) is 17.6. The molecule has 20 atom stereocenters. The Kier molecular flexibility index (Phi) is 15.6. The SMILES string of the molecule is CC(=O)N[C@H]1[C@H](O[C@H]2[C@@H](O)[C@@H](CO)O[C@@H](O[C@H]3[C@H](O)[C@@H](O)[C@H](OCc4ccccc4)O[C@@H]3CO)[C@@H]2O)O[C@H](CO)[C@@H](O)[C@@H]1O[C@@H]1O[C@H](CO)[C@H](O)[C@H](O)[C@H]1O. The van der Waals surface area contributed by atoms with Crippen molar-refractivity contribution in [2.45, 2.75) is 136 Å². The Hall–Kier alpha value is -2.11. The van der Waals surface area contributed by atoms with Crippen molar-refractivity contribution in [2.24, 2.45) is 0 Å². The van der Waals surface area contributed by atoms with Crippen molar-refractivity contribution in [2.75, 3.05) is 26.4 Å². The molecule has 4 aliphatic heterocycles. The Morgan fingerprint density at radius 1 is 0.545 bits per heavy atom. The van der Waals surface area contributed by atoms with Crippen LogP contribution in [0, 0.1) is 0 Å². The van der Waals surface area contributed by atoms with E-state index in [0.717, 1.165) is 12.5 Å². The number of nitrogens with one attached hydrogen (secondary N) is 1. The second kappa shape index (κ2) is 19.6. The molecule has 22 heteroatoms. The van der Waals surface area contributed by atoms with Crippen LogP contribution in [0.2, 0.25) is 0 Å². The molecule has 5 rings (SSSR count). The molecule has 0 aliphatic carbocycles. The third-order valence-corrected chi connectivity index (χ3v) is 9.85. The van der Waals surface area contributed by atoms with E-state index in [1.54, 1.807) is 30.3 Å². The van der Waals surface area contributed by atoms with Crippen molar-refractivity contribution < 1.29 is 104 Å². The number of carbonyl (C=O) groups is 1. The highest BCUT2D eigenvalue weighted by molar-refractivity contribution is 5.73. The number of rotatable bonds is 14. The highest BCUT2D eigenvalue weighted by atomic mass is 16.8. The summed E-state index contributed by atoms with van der Waals surface area (Å²) in [6.45, 7) is -2.34. The second-order valence-corrected chi connectivity index (χ2v) is 13.7. The molecule has 0 aromatic heterocycles. The molecule has 0 spiro atoms. The van der Waals surface area contributed by atoms with Gasteiger partial charge in [0.05, 0.1) is 33.0 Å². The Labute approximate surface area is 313 Å². The average Bonchev–Trinajstić information content (AvgIpc) is 3.18. The van der Waals surface area contributed by atoms with Crippen molar-refractivity contribution in [3.05, 3.63) is 35.9 Å². The van der Waals surface area contributed by atoms with E-state index in [1.165, 1.54) is 0 Å². The van der Waals surface area contributed by atoms with E-state index in [4.69, 9.17) is 37.9 Å². The Balaban J connectivity index is 1.35. The lowest BCUT2D eigenvalue weighted by atomic mass is 9.94. The molecule has 0 saturated carbocycles. The van der Waals surface area contributed by atoms with Gasteiger partial charge in [0, 0.05) is 6.92 Å². The molecule has 4 saturated heterocycles. The third-order valence-electron chi connectivity index (χ3n) is 9.85. The summed E-state index contributed by atoms with van der Waals surface area (Å²) in [6, 6.07) is 7.22. The number of hydrogen-bond donors (Lipinski definition) is 13. The lowest BCUT2D eigenvalue weighted by Gasteiger charge is -2.50. The molecule has 0 bridgehead atoms. The molecule has 1 aromatic carbocycles. The van der Waals surface area contributed by atoms with Crippen molar-refractivity contribution in [3.63, 3.8) is 0 Å². The predicted molar refractivity (Wildman–Crippen MR) is 174 cm³/mol. The molecule has 1 amide bonds. The van der Waals surface area contributed by atoms with Crippen LogP contribution in [0.5, 0.6) is 0 Å². The highest BCUT2D eigenvalue weighted by Crippen LogP contribution is 2.35. The molecule has 314 valence electrons. The fourth-order valence-corrected chi connectivity index (χ4v) is 6.82. The summed E-state index contributed by atoms with van der Waals surface area (Å²) in [6.07, 6.45) is -32.9. The molecule has 55 heavy (non-hydrogen) atoms. The van der Waals surface area contributed by atoms with Crippen molar-refractivity contribution in [1.29, 1.82) is 0 Å². The van der Waals surface area contributed by atoms with Gasteiger partial charge in [-0.05, 0) is 5.56 Å². The average molecular weight is 798 g/mol. The predicted octanol–water partition coefficient (Wildman–Crippen LogP) is -7.38. The van der Waals surface area contributed by atoms with Crippen molar-refractivity contribution >= 4 is 5.91 Å². The molecule has 13 N–H and O–H groups in total. The monoisotopic (exact) mass is 797 g/mol. The van der Waals surface area contributed by atoms with E-state index in [2.05, 4.69) is 5.32 Å². The van der Waals surface area contributed by atoms with Gasteiger partial charge in [0.1, 0.15) is 97.6 Å². The standard InChI is InChI=1S/C33H51NO21/c1-12(39)34-18-28(54-32-24(45)22(43)19(40)14(7-35)50-32)20(41)15(8-36)49-30(18)55-29-21(42)16(9-37)51-33(26(29)47)53-27-17(10-38)52-31(25(46)23(27)44)48-11-13-5-3-2-4-6-13/h2-6,14-33,35-38,40-47H,7-11H2,1H3,(H,34,39)/t14-,15-,16-,17-,18-,19+,20-,21+,22+,23-,24-,25-,26-,27-,28-,29+,30+,31-,32+,33+/m1/s1. The largest absolute Gasteiger partial charge is 0.394 e. The summed E-state index contributed by atoms with van der Waals surface area (Å²) in [4.78, 5) is 12.4. The third kappa shape index (κ3) is 9.78. The van der Waals surface area contributed by atoms with Gasteiger partial charge in [-0.3, -0.25) is 4.79 Å². The Morgan fingerprint density at radius 2 is 1.02 bits per heavy atom. The first-order chi connectivity index (χ1) is 26.2. The van der Waals surface area contributed by atoms with Crippen molar-refractivity contribution in [1.82, 2.24) is 5.32 Å². The zero-order valence-corrected chi connectivity index (χ0v) is 29.5. The summed E-state index contributed by atoms with van der Waals surface area (Å²) >= 11 is 0. The van der Waals surface area contributed by atoms with E-state index in [9.17, 15) is 66.1 Å². The van der Waals surface area contributed by atoms with Gasteiger partial charge in [0.15, 0.2) is 25.2 Å². The molecule has 1 aromatic rings. The quantitative estimate of drug-likeness (QED) is 0.0831. The van der Waals surface area contributed by atoms with Crippen LogP contribution in [0.4, 0.5) is 0 Å². The molecule has 4 heterocycles. The molecular formula is C33H51NO21. The van der Waals surface area contributed by atoms with Gasteiger partial charge >= 0.3 is 0 Å². The van der Waals surface area contributed by atoms with Gasteiger partial charge in [-0.15, -0.1) is 0 Å². The summed E-state index contributed by atoms with van der Waals surface area (Å²) in [5.41, 5.74) is 0.722. The van der Waals surface area contributed by atoms with Crippen LogP contribution in [-0.2, 0) is 49.3 Å². The van der Waals surface area contributed by atoms with E-state index < -0.39 is 155 Å². The number of aliphatic hydroxyl groups is 12. The summed E-state index contributed by atoms with van der Waals surface area (Å²) in [5.74, 6) is -0.757.